The number of carbonyl (C=O) groups excluding carboxylic acids is 1. The fourth-order valence-electron chi connectivity index (χ4n) is 1.84. The van der Waals surface area contributed by atoms with E-state index in [9.17, 15) is 4.79 Å². The first-order valence-electron chi connectivity index (χ1n) is 5.74. The number of nitrogen functional groups attached to an aromatic ring is 1. The van der Waals surface area contributed by atoms with Gasteiger partial charge in [-0.25, -0.2) is 0 Å². The van der Waals surface area contributed by atoms with Crippen LogP contribution in [0.4, 0.5) is 11.4 Å². The first kappa shape index (κ1) is 14.1. The molecule has 0 radical (unpaired) electrons. The summed E-state index contributed by atoms with van der Waals surface area (Å²) in [6.07, 6.45) is 0. The molecule has 1 aromatic heterocycles. The zero-order valence-electron chi connectivity index (χ0n) is 10.9. The molecule has 0 atom stereocenters. The van der Waals surface area contributed by atoms with E-state index in [2.05, 4.69) is 26.3 Å². The Labute approximate surface area is 124 Å². The molecular weight excluding hydrogens is 322 g/mol. The molecule has 2 rings (SSSR count). The SMILES string of the molecule is Cc1nn(C)c(C(=O)Nc2ccc(Br)cc2C#N)c1N. The number of rotatable bonds is 2. The summed E-state index contributed by atoms with van der Waals surface area (Å²) in [6, 6.07) is 7.06. The molecule has 0 fully saturated rings. The topological polar surface area (TPSA) is 96.7 Å². The summed E-state index contributed by atoms with van der Waals surface area (Å²) in [5, 5.41) is 15.8. The minimum absolute atomic E-state index is 0.273. The lowest BCUT2D eigenvalue weighted by molar-refractivity contribution is 0.101. The molecule has 0 aliphatic carbocycles. The number of hydrogen-bond donors (Lipinski definition) is 2. The zero-order chi connectivity index (χ0) is 14.9. The van der Waals surface area contributed by atoms with Crippen LogP contribution in [0.2, 0.25) is 0 Å². The second-order valence-corrected chi connectivity index (χ2v) is 5.14. The second-order valence-electron chi connectivity index (χ2n) is 4.23. The normalized spacial score (nSPS) is 10.1. The van der Waals surface area contributed by atoms with Gasteiger partial charge in [0.2, 0.25) is 0 Å². The third-order valence-corrected chi connectivity index (χ3v) is 3.33. The molecule has 6 nitrogen and oxygen atoms in total. The third kappa shape index (κ3) is 2.51. The summed E-state index contributed by atoms with van der Waals surface area (Å²) >= 11 is 3.28. The van der Waals surface area contributed by atoms with Crippen molar-refractivity contribution in [2.75, 3.05) is 11.1 Å². The van der Waals surface area contributed by atoms with E-state index in [0.717, 1.165) is 4.47 Å². The lowest BCUT2D eigenvalue weighted by Gasteiger charge is -2.08. The predicted molar refractivity (Wildman–Crippen MR) is 79.2 cm³/mol. The van der Waals surface area contributed by atoms with Crippen molar-refractivity contribution in [3.63, 3.8) is 0 Å². The third-order valence-electron chi connectivity index (χ3n) is 2.83. The van der Waals surface area contributed by atoms with Crippen LogP contribution in [0.1, 0.15) is 21.7 Å². The van der Waals surface area contributed by atoms with Crippen molar-refractivity contribution in [3.8, 4) is 6.07 Å². The number of aryl methyl sites for hydroxylation is 2. The summed E-state index contributed by atoms with van der Waals surface area (Å²) in [4.78, 5) is 12.2. The highest BCUT2D eigenvalue weighted by Gasteiger charge is 2.19. The number of aromatic nitrogens is 2. The molecule has 1 aromatic carbocycles. The van der Waals surface area contributed by atoms with Gasteiger partial charge in [0, 0.05) is 11.5 Å². The van der Waals surface area contributed by atoms with Gasteiger partial charge in [-0.15, -0.1) is 0 Å². The molecule has 3 N–H and O–H groups in total. The van der Waals surface area contributed by atoms with Crippen LogP contribution in [-0.2, 0) is 7.05 Å². The van der Waals surface area contributed by atoms with Gasteiger partial charge in [0.05, 0.1) is 22.6 Å². The number of nitriles is 1. The Kier molecular flexibility index (Phi) is 3.77. The van der Waals surface area contributed by atoms with Gasteiger partial charge < -0.3 is 11.1 Å². The van der Waals surface area contributed by atoms with Crippen LogP contribution in [0.25, 0.3) is 0 Å². The van der Waals surface area contributed by atoms with Crippen LogP contribution in [-0.4, -0.2) is 15.7 Å². The number of amides is 1. The number of halogens is 1. The lowest BCUT2D eigenvalue weighted by atomic mass is 10.2. The van der Waals surface area contributed by atoms with E-state index < -0.39 is 5.91 Å². The molecule has 1 amide bonds. The number of carbonyl (C=O) groups is 1. The molecule has 0 aliphatic rings. The number of nitrogens with one attached hydrogen (secondary N) is 1. The van der Waals surface area contributed by atoms with Crippen molar-refractivity contribution >= 4 is 33.2 Å². The van der Waals surface area contributed by atoms with Crippen molar-refractivity contribution in [3.05, 3.63) is 39.6 Å². The quantitative estimate of drug-likeness (QED) is 0.880. The first-order chi connectivity index (χ1) is 9.43. The fraction of sp³-hybridized carbons (Fsp3) is 0.154. The molecule has 0 unspecified atom stereocenters. The van der Waals surface area contributed by atoms with Crippen molar-refractivity contribution < 1.29 is 4.79 Å². The van der Waals surface area contributed by atoms with Gasteiger partial charge in [0.15, 0.2) is 0 Å². The van der Waals surface area contributed by atoms with Gasteiger partial charge in [-0.05, 0) is 25.1 Å². The predicted octanol–water partition coefficient (Wildman–Crippen LogP) is 2.20. The maximum atomic E-state index is 12.2. The Balaban J connectivity index is 2.36. The van der Waals surface area contributed by atoms with Gasteiger partial charge in [-0.2, -0.15) is 10.4 Å². The number of nitrogens with zero attached hydrogens (tertiary/aromatic N) is 3. The molecular formula is C13H12BrN5O. The average Bonchev–Trinajstić information content (AvgIpc) is 2.65. The van der Waals surface area contributed by atoms with Crippen molar-refractivity contribution in [2.24, 2.45) is 7.05 Å². The van der Waals surface area contributed by atoms with Crippen LogP contribution in [0.15, 0.2) is 22.7 Å². The zero-order valence-corrected chi connectivity index (χ0v) is 12.5. The number of benzene rings is 1. The van der Waals surface area contributed by atoms with Crippen LogP contribution in [0.5, 0.6) is 0 Å². The van der Waals surface area contributed by atoms with Crippen molar-refractivity contribution in [1.82, 2.24) is 9.78 Å². The lowest BCUT2D eigenvalue weighted by Crippen LogP contribution is -2.18. The average molecular weight is 334 g/mol. The summed E-state index contributed by atoms with van der Waals surface area (Å²) < 4.78 is 2.19. The van der Waals surface area contributed by atoms with Crippen molar-refractivity contribution in [1.29, 1.82) is 5.26 Å². The Morgan fingerprint density at radius 1 is 1.55 bits per heavy atom. The highest BCUT2D eigenvalue weighted by Crippen LogP contribution is 2.22. The Bertz CT molecular complexity index is 729. The standard InChI is InChI=1S/C13H12BrN5O/c1-7-11(16)12(19(2)18-7)13(20)17-10-4-3-9(14)5-8(10)6-15/h3-5H,16H2,1-2H3,(H,17,20). The van der Waals surface area contributed by atoms with Crippen molar-refractivity contribution in [2.45, 2.75) is 6.92 Å². The van der Waals surface area contributed by atoms with Crippen LogP contribution < -0.4 is 11.1 Å². The number of anilines is 2. The second kappa shape index (κ2) is 5.35. The number of hydrogen-bond acceptors (Lipinski definition) is 4. The van der Waals surface area contributed by atoms with Gasteiger partial charge in [-0.1, -0.05) is 15.9 Å². The van der Waals surface area contributed by atoms with Gasteiger partial charge in [0.25, 0.3) is 5.91 Å². The van der Waals surface area contributed by atoms with Gasteiger partial charge in [0.1, 0.15) is 11.8 Å². The maximum Gasteiger partial charge on any atom is 0.276 e. The fourth-order valence-corrected chi connectivity index (χ4v) is 2.20. The van der Waals surface area contributed by atoms with E-state index in [1.165, 1.54) is 4.68 Å². The van der Waals surface area contributed by atoms with Crippen LogP contribution >= 0.6 is 15.9 Å². The molecule has 0 spiro atoms. The first-order valence-corrected chi connectivity index (χ1v) is 6.53. The molecule has 2 aromatic rings. The monoisotopic (exact) mass is 333 g/mol. The summed E-state index contributed by atoms with van der Waals surface area (Å²) in [6.45, 7) is 1.73. The molecule has 0 saturated heterocycles. The molecule has 7 heteroatoms. The molecule has 102 valence electrons. The minimum atomic E-state index is -0.399. The summed E-state index contributed by atoms with van der Waals surface area (Å²) in [7, 11) is 1.64. The van der Waals surface area contributed by atoms with Gasteiger partial charge in [-0.3, -0.25) is 9.48 Å². The Morgan fingerprint density at radius 3 is 2.80 bits per heavy atom. The molecule has 1 heterocycles. The van der Waals surface area contributed by atoms with E-state index in [1.807, 2.05) is 6.07 Å². The largest absolute Gasteiger partial charge is 0.395 e. The van der Waals surface area contributed by atoms with E-state index in [-0.39, 0.29) is 5.69 Å². The van der Waals surface area contributed by atoms with E-state index in [1.54, 1.807) is 32.2 Å². The van der Waals surface area contributed by atoms with Gasteiger partial charge >= 0.3 is 0 Å². The Morgan fingerprint density at radius 2 is 2.25 bits per heavy atom. The Hall–Kier alpha value is -2.33. The van der Waals surface area contributed by atoms with Crippen LogP contribution in [0.3, 0.4) is 0 Å². The van der Waals surface area contributed by atoms with Crippen LogP contribution in [0, 0.1) is 18.3 Å². The number of nitrogens with two attached hydrogens (primary N) is 1. The summed E-state index contributed by atoms with van der Waals surface area (Å²) in [5.41, 5.74) is 7.83. The van der Waals surface area contributed by atoms with E-state index in [4.69, 9.17) is 11.0 Å². The highest BCUT2D eigenvalue weighted by atomic mass is 79.9. The maximum absolute atomic E-state index is 12.2. The minimum Gasteiger partial charge on any atom is -0.395 e. The molecule has 0 aliphatic heterocycles. The van der Waals surface area contributed by atoms with E-state index in [0.29, 0.717) is 22.6 Å². The smallest absolute Gasteiger partial charge is 0.276 e. The van der Waals surface area contributed by atoms with E-state index >= 15 is 0 Å². The molecule has 20 heavy (non-hydrogen) atoms. The molecule has 0 saturated carbocycles. The molecule has 0 bridgehead atoms. The summed E-state index contributed by atoms with van der Waals surface area (Å²) in [5.74, 6) is -0.399. The highest BCUT2D eigenvalue weighted by molar-refractivity contribution is 9.10.